The fraction of sp³-hybridized carbons (Fsp3) is 0.182. The maximum atomic E-state index is 11.0. The van der Waals surface area contributed by atoms with Gasteiger partial charge in [-0.2, -0.15) is 0 Å². The first-order valence-corrected chi connectivity index (χ1v) is 5.12. The highest BCUT2D eigenvalue weighted by Gasteiger charge is 2.09. The summed E-state index contributed by atoms with van der Waals surface area (Å²) in [6.07, 6.45) is 2.08. The molecule has 0 bridgehead atoms. The van der Waals surface area contributed by atoms with E-state index in [9.17, 15) is 4.79 Å². The van der Waals surface area contributed by atoms with Crippen molar-refractivity contribution in [3.63, 3.8) is 0 Å². The summed E-state index contributed by atoms with van der Waals surface area (Å²) in [6, 6.07) is 5.82. The van der Waals surface area contributed by atoms with Gasteiger partial charge in [-0.3, -0.25) is 4.79 Å². The van der Waals surface area contributed by atoms with Crippen molar-refractivity contribution in [3.05, 3.63) is 34.5 Å². The summed E-state index contributed by atoms with van der Waals surface area (Å²) in [5.41, 5.74) is 1.76. The Hall–Kier alpha value is -1.09. The Morgan fingerprint density at radius 1 is 1.50 bits per heavy atom. The zero-order valence-electron chi connectivity index (χ0n) is 7.71. The van der Waals surface area contributed by atoms with E-state index in [0.29, 0.717) is 6.42 Å². The van der Waals surface area contributed by atoms with Crippen LogP contribution in [0.2, 0.25) is 0 Å². The van der Waals surface area contributed by atoms with Gasteiger partial charge in [0, 0.05) is 17.4 Å². The van der Waals surface area contributed by atoms with Crippen LogP contribution in [0.4, 0.5) is 0 Å². The highest BCUT2D eigenvalue weighted by Crippen LogP contribution is 2.28. The first-order chi connectivity index (χ1) is 6.68. The molecular formula is C11H9BrO2. The minimum absolute atomic E-state index is 0.146. The normalized spacial score (nSPS) is 10.7. The molecule has 0 atom stereocenters. The number of ketones is 1. The van der Waals surface area contributed by atoms with Crippen molar-refractivity contribution in [1.29, 1.82) is 0 Å². The zero-order valence-corrected chi connectivity index (χ0v) is 9.30. The van der Waals surface area contributed by atoms with Gasteiger partial charge >= 0.3 is 0 Å². The van der Waals surface area contributed by atoms with E-state index in [1.165, 1.54) is 0 Å². The van der Waals surface area contributed by atoms with Crippen molar-refractivity contribution in [2.24, 2.45) is 0 Å². The molecule has 1 aromatic carbocycles. The third-order valence-electron chi connectivity index (χ3n) is 2.07. The van der Waals surface area contributed by atoms with Gasteiger partial charge in [0.25, 0.3) is 0 Å². The minimum Gasteiger partial charge on any atom is -0.463 e. The molecule has 0 aliphatic carbocycles. The maximum Gasteiger partial charge on any atom is 0.148 e. The van der Waals surface area contributed by atoms with Crippen LogP contribution in [-0.2, 0) is 11.2 Å². The highest BCUT2D eigenvalue weighted by atomic mass is 79.9. The lowest BCUT2D eigenvalue weighted by Gasteiger charge is -1.94. The third-order valence-corrected chi connectivity index (χ3v) is 2.70. The number of hydrogen-bond acceptors (Lipinski definition) is 2. The van der Waals surface area contributed by atoms with Gasteiger partial charge in [-0.05, 0) is 28.9 Å². The number of carbonyl (C=O) groups is 1. The molecule has 0 aliphatic heterocycles. The fourth-order valence-electron chi connectivity index (χ4n) is 1.48. The van der Waals surface area contributed by atoms with Crippen LogP contribution < -0.4 is 0 Å². The van der Waals surface area contributed by atoms with Gasteiger partial charge in [0.2, 0.25) is 0 Å². The predicted octanol–water partition coefficient (Wildman–Crippen LogP) is 3.33. The molecule has 14 heavy (non-hydrogen) atoms. The Bertz CT molecular complexity index is 485. The molecule has 1 aromatic heterocycles. The zero-order chi connectivity index (χ0) is 10.1. The van der Waals surface area contributed by atoms with Crippen LogP contribution in [0, 0.1) is 0 Å². The standard InChI is InChI=1S/C11H9BrO2/c1-7(13)5-8-6-14-11-9(8)3-2-4-10(11)12/h2-4,6H,5H2,1H3. The molecule has 0 fully saturated rings. The van der Waals surface area contributed by atoms with Crippen LogP contribution in [0.5, 0.6) is 0 Å². The van der Waals surface area contributed by atoms with E-state index in [1.807, 2.05) is 18.2 Å². The van der Waals surface area contributed by atoms with Crippen LogP contribution in [-0.4, -0.2) is 5.78 Å². The van der Waals surface area contributed by atoms with E-state index in [4.69, 9.17) is 4.42 Å². The number of furan rings is 1. The van der Waals surface area contributed by atoms with Crippen LogP contribution in [0.1, 0.15) is 12.5 Å². The Balaban J connectivity index is 2.58. The third kappa shape index (κ3) is 1.60. The lowest BCUT2D eigenvalue weighted by Crippen LogP contribution is -1.94. The van der Waals surface area contributed by atoms with Crippen LogP contribution in [0.3, 0.4) is 0 Å². The van der Waals surface area contributed by atoms with Gasteiger partial charge < -0.3 is 4.42 Å². The van der Waals surface area contributed by atoms with Crippen LogP contribution >= 0.6 is 15.9 Å². The van der Waals surface area contributed by atoms with Crippen LogP contribution in [0.15, 0.2) is 33.4 Å². The first-order valence-electron chi connectivity index (χ1n) is 4.32. The molecule has 72 valence electrons. The van der Waals surface area contributed by atoms with Crippen LogP contribution in [0.25, 0.3) is 11.0 Å². The van der Waals surface area contributed by atoms with Crippen molar-refractivity contribution < 1.29 is 9.21 Å². The van der Waals surface area contributed by atoms with Gasteiger partial charge in [-0.1, -0.05) is 12.1 Å². The topological polar surface area (TPSA) is 30.2 Å². The summed E-state index contributed by atoms with van der Waals surface area (Å²) in [7, 11) is 0. The van der Waals surface area contributed by atoms with Gasteiger partial charge in [0.15, 0.2) is 0 Å². The van der Waals surface area contributed by atoms with E-state index in [-0.39, 0.29) is 5.78 Å². The average Bonchev–Trinajstić information content (AvgIpc) is 2.49. The summed E-state index contributed by atoms with van der Waals surface area (Å²) in [4.78, 5) is 11.0. The molecule has 2 rings (SSSR count). The summed E-state index contributed by atoms with van der Waals surface area (Å²) in [5, 5.41) is 1.01. The second kappa shape index (κ2) is 3.58. The van der Waals surface area contributed by atoms with E-state index in [2.05, 4.69) is 15.9 Å². The largest absolute Gasteiger partial charge is 0.463 e. The molecule has 3 heteroatoms. The number of para-hydroxylation sites is 1. The van der Waals surface area contributed by atoms with Gasteiger partial charge in [-0.25, -0.2) is 0 Å². The van der Waals surface area contributed by atoms with Crippen molar-refractivity contribution in [1.82, 2.24) is 0 Å². The van der Waals surface area contributed by atoms with Crippen molar-refractivity contribution in [2.75, 3.05) is 0 Å². The Kier molecular flexibility index (Phi) is 2.42. The van der Waals surface area contributed by atoms with Crippen molar-refractivity contribution >= 4 is 32.7 Å². The highest BCUT2D eigenvalue weighted by molar-refractivity contribution is 9.10. The number of fused-ring (bicyclic) bond motifs is 1. The second-order valence-corrected chi connectivity index (χ2v) is 4.11. The molecule has 0 saturated carbocycles. The number of rotatable bonds is 2. The number of benzene rings is 1. The SMILES string of the molecule is CC(=O)Cc1coc2c(Br)cccc12. The van der Waals surface area contributed by atoms with E-state index < -0.39 is 0 Å². The molecule has 0 spiro atoms. The second-order valence-electron chi connectivity index (χ2n) is 3.26. The molecule has 0 aliphatic rings. The average molecular weight is 253 g/mol. The molecule has 1 heterocycles. The summed E-state index contributed by atoms with van der Waals surface area (Å²) in [5.74, 6) is 0.146. The number of halogens is 1. The van der Waals surface area contributed by atoms with Gasteiger partial charge in [-0.15, -0.1) is 0 Å². The van der Waals surface area contributed by atoms with Crippen molar-refractivity contribution in [2.45, 2.75) is 13.3 Å². The molecule has 0 N–H and O–H groups in total. The van der Waals surface area contributed by atoms with E-state index >= 15 is 0 Å². The molecule has 0 unspecified atom stereocenters. The molecule has 2 nitrogen and oxygen atoms in total. The Labute approximate surface area is 90.0 Å². The van der Waals surface area contributed by atoms with Crippen molar-refractivity contribution in [3.8, 4) is 0 Å². The van der Waals surface area contributed by atoms with E-state index in [1.54, 1.807) is 13.2 Å². The lowest BCUT2D eigenvalue weighted by molar-refractivity contribution is -0.116. The predicted molar refractivity (Wildman–Crippen MR) is 58.3 cm³/mol. The van der Waals surface area contributed by atoms with E-state index in [0.717, 1.165) is 21.0 Å². The lowest BCUT2D eigenvalue weighted by atomic mass is 10.1. The van der Waals surface area contributed by atoms with Gasteiger partial charge in [0.1, 0.15) is 11.4 Å². The van der Waals surface area contributed by atoms with Gasteiger partial charge in [0.05, 0.1) is 10.7 Å². The summed E-state index contributed by atoms with van der Waals surface area (Å²) >= 11 is 3.40. The summed E-state index contributed by atoms with van der Waals surface area (Å²) in [6.45, 7) is 1.58. The maximum absolute atomic E-state index is 11.0. The Morgan fingerprint density at radius 2 is 2.29 bits per heavy atom. The first kappa shape index (κ1) is 9.46. The monoisotopic (exact) mass is 252 g/mol. The minimum atomic E-state index is 0.146. The summed E-state index contributed by atoms with van der Waals surface area (Å²) < 4.78 is 6.30. The number of Topliss-reactive ketones (excluding diaryl/α,β-unsaturated/α-hetero) is 1. The fourth-order valence-corrected chi connectivity index (χ4v) is 1.94. The number of hydrogen-bond donors (Lipinski definition) is 0. The quantitative estimate of drug-likeness (QED) is 0.821. The Morgan fingerprint density at radius 3 is 3.00 bits per heavy atom. The molecule has 2 aromatic rings. The smallest absolute Gasteiger partial charge is 0.148 e. The molecule has 0 saturated heterocycles. The molecule has 0 amide bonds. The number of carbonyl (C=O) groups excluding carboxylic acids is 1. The molecular weight excluding hydrogens is 244 g/mol. The molecule has 0 radical (unpaired) electrons.